The lowest BCUT2D eigenvalue weighted by Gasteiger charge is -2.24. The standard InChI is InChI=1S/C12H14F3NO2/c1-11(16,7-10(17)18-2)8-3-5-9(6-4-8)12(13,14)15/h3-6H,7,16H2,1-2H3. The van der Waals surface area contributed by atoms with Crippen LogP contribution in [0.4, 0.5) is 13.2 Å². The zero-order valence-electron chi connectivity index (χ0n) is 10.0. The number of ether oxygens (including phenoxy) is 1. The van der Waals surface area contributed by atoms with E-state index >= 15 is 0 Å². The topological polar surface area (TPSA) is 52.3 Å². The number of esters is 1. The lowest BCUT2D eigenvalue weighted by Crippen LogP contribution is -2.36. The number of methoxy groups -OCH3 is 1. The van der Waals surface area contributed by atoms with Gasteiger partial charge >= 0.3 is 12.1 Å². The van der Waals surface area contributed by atoms with E-state index in [4.69, 9.17) is 5.73 Å². The number of halogens is 3. The van der Waals surface area contributed by atoms with Crippen molar-refractivity contribution in [1.82, 2.24) is 0 Å². The third-order valence-corrected chi connectivity index (χ3v) is 2.61. The molecule has 2 N–H and O–H groups in total. The fourth-order valence-electron chi connectivity index (χ4n) is 1.51. The van der Waals surface area contributed by atoms with Gasteiger partial charge in [0.05, 0.1) is 19.1 Å². The second-order valence-corrected chi connectivity index (χ2v) is 4.25. The summed E-state index contributed by atoms with van der Waals surface area (Å²) in [6.45, 7) is 1.56. The van der Waals surface area contributed by atoms with E-state index in [0.29, 0.717) is 5.56 Å². The molecule has 1 atom stereocenters. The minimum absolute atomic E-state index is 0.102. The van der Waals surface area contributed by atoms with Crippen molar-refractivity contribution in [1.29, 1.82) is 0 Å². The van der Waals surface area contributed by atoms with Crippen molar-refractivity contribution < 1.29 is 22.7 Å². The van der Waals surface area contributed by atoms with Gasteiger partial charge in [0.25, 0.3) is 0 Å². The molecule has 3 nitrogen and oxygen atoms in total. The fraction of sp³-hybridized carbons (Fsp3) is 0.417. The first-order chi connectivity index (χ1) is 8.16. The molecule has 6 heteroatoms. The van der Waals surface area contributed by atoms with Crippen molar-refractivity contribution in [2.75, 3.05) is 7.11 Å². The highest BCUT2D eigenvalue weighted by atomic mass is 19.4. The first-order valence-electron chi connectivity index (χ1n) is 5.20. The molecule has 0 saturated heterocycles. The Labute approximate surface area is 103 Å². The molecular formula is C12H14F3NO2. The van der Waals surface area contributed by atoms with Crippen molar-refractivity contribution >= 4 is 5.97 Å². The molecule has 0 fully saturated rings. The number of rotatable bonds is 3. The van der Waals surface area contributed by atoms with Crippen molar-refractivity contribution in [3.05, 3.63) is 35.4 Å². The maximum absolute atomic E-state index is 12.4. The van der Waals surface area contributed by atoms with Crippen LogP contribution in [0.25, 0.3) is 0 Å². The number of carbonyl (C=O) groups is 1. The zero-order valence-corrected chi connectivity index (χ0v) is 10.0. The van der Waals surface area contributed by atoms with E-state index in [1.54, 1.807) is 6.92 Å². The summed E-state index contributed by atoms with van der Waals surface area (Å²) >= 11 is 0. The van der Waals surface area contributed by atoms with Crippen LogP contribution in [0.5, 0.6) is 0 Å². The van der Waals surface area contributed by atoms with Gasteiger partial charge in [0.15, 0.2) is 0 Å². The smallest absolute Gasteiger partial charge is 0.416 e. The second-order valence-electron chi connectivity index (χ2n) is 4.25. The SMILES string of the molecule is COC(=O)CC(C)(N)c1ccc(C(F)(F)F)cc1. The van der Waals surface area contributed by atoms with Gasteiger partial charge in [-0.3, -0.25) is 4.79 Å². The van der Waals surface area contributed by atoms with E-state index in [-0.39, 0.29) is 6.42 Å². The average Bonchev–Trinajstić information content (AvgIpc) is 2.27. The first kappa shape index (κ1) is 14.5. The van der Waals surface area contributed by atoms with Gasteiger partial charge in [0, 0.05) is 5.54 Å². The van der Waals surface area contributed by atoms with Gasteiger partial charge in [-0.2, -0.15) is 13.2 Å². The van der Waals surface area contributed by atoms with Crippen LogP contribution in [0.15, 0.2) is 24.3 Å². The van der Waals surface area contributed by atoms with Crippen molar-refractivity contribution in [2.45, 2.75) is 25.1 Å². The monoisotopic (exact) mass is 261 g/mol. The minimum Gasteiger partial charge on any atom is -0.469 e. The zero-order chi connectivity index (χ0) is 14.0. The molecule has 0 aromatic heterocycles. The van der Waals surface area contributed by atoms with Gasteiger partial charge in [-0.1, -0.05) is 12.1 Å². The quantitative estimate of drug-likeness (QED) is 0.850. The number of hydrogen-bond donors (Lipinski definition) is 1. The first-order valence-corrected chi connectivity index (χ1v) is 5.20. The molecule has 18 heavy (non-hydrogen) atoms. The van der Waals surface area contributed by atoms with E-state index < -0.39 is 23.2 Å². The Morgan fingerprint density at radius 3 is 2.06 bits per heavy atom. The van der Waals surface area contributed by atoms with Gasteiger partial charge in [0.1, 0.15) is 0 Å². The molecule has 0 aliphatic heterocycles. The molecule has 0 bridgehead atoms. The molecule has 0 spiro atoms. The number of hydrogen-bond acceptors (Lipinski definition) is 3. The predicted molar refractivity (Wildman–Crippen MR) is 59.6 cm³/mol. The summed E-state index contributed by atoms with van der Waals surface area (Å²) in [6, 6.07) is 4.42. The van der Waals surface area contributed by atoms with Crippen LogP contribution in [-0.4, -0.2) is 13.1 Å². The van der Waals surface area contributed by atoms with Crippen LogP contribution in [0, 0.1) is 0 Å². The normalized spacial score (nSPS) is 15.0. The van der Waals surface area contributed by atoms with Crippen molar-refractivity contribution in [2.24, 2.45) is 5.73 Å². The van der Waals surface area contributed by atoms with E-state index in [9.17, 15) is 18.0 Å². The van der Waals surface area contributed by atoms with Gasteiger partial charge < -0.3 is 10.5 Å². The molecule has 0 saturated carbocycles. The minimum atomic E-state index is -4.38. The van der Waals surface area contributed by atoms with Crippen LogP contribution in [0.2, 0.25) is 0 Å². The molecule has 0 heterocycles. The van der Waals surface area contributed by atoms with E-state index in [1.165, 1.54) is 19.2 Å². The third-order valence-electron chi connectivity index (χ3n) is 2.61. The van der Waals surface area contributed by atoms with Crippen LogP contribution >= 0.6 is 0 Å². The summed E-state index contributed by atoms with van der Waals surface area (Å²) < 4.78 is 41.6. The molecule has 0 radical (unpaired) electrons. The Morgan fingerprint density at radius 2 is 1.67 bits per heavy atom. The van der Waals surface area contributed by atoms with Gasteiger partial charge in [0.2, 0.25) is 0 Å². The molecule has 0 amide bonds. The summed E-state index contributed by atoms with van der Waals surface area (Å²) in [5.41, 5.74) is 4.53. The highest BCUT2D eigenvalue weighted by molar-refractivity contribution is 5.71. The number of alkyl halides is 3. The lowest BCUT2D eigenvalue weighted by atomic mass is 9.89. The lowest BCUT2D eigenvalue weighted by molar-refractivity contribution is -0.142. The number of nitrogens with two attached hydrogens (primary N) is 1. The predicted octanol–water partition coefficient (Wildman–Crippen LogP) is 2.44. The maximum atomic E-state index is 12.4. The van der Waals surface area contributed by atoms with Crippen molar-refractivity contribution in [3.8, 4) is 0 Å². The van der Waals surface area contributed by atoms with Gasteiger partial charge in [-0.25, -0.2) is 0 Å². The Morgan fingerprint density at radius 1 is 1.22 bits per heavy atom. The van der Waals surface area contributed by atoms with Crippen LogP contribution < -0.4 is 5.73 Å². The molecule has 0 aliphatic rings. The highest BCUT2D eigenvalue weighted by Gasteiger charge is 2.31. The Hall–Kier alpha value is -1.56. The molecular weight excluding hydrogens is 247 g/mol. The van der Waals surface area contributed by atoms with Crippen LogP contribution in [-0.2, 0) is 21.2 Å². The molecule has 1 aromatic carbocycles. The van der Waals surface area contributed by atoms with Gasteiger partial charge in [-0.05, 0) is 24.6 Å². The van der Waals surface area contributed by atoms with E-state index in [2.05, 4.69) is 4.74 Å². The Bertz CT molecular complexity index is 424. The maximum Gasteiger partial charge on any atom is 0.416 e. The number of benzene rings is 1. The van der Waals surface area contributed by atoms with Gasteiger partial charge in [-0.15, -0.1) is 0 Å². The van der Waals surface area contributed by atoms with E-state index in [1.807, 2.05) is 0 Å². The van der Waals surface area contributed by atoms with E-state index in [0.717, 1.165) is 12.1 Å². The Balaban J connectivity index is 2.94. The summed E-state index contributed by atoms with van der Waals surface area (Å²) in [5.74, 6) is -0.514. The second kappa shape index (κ2) is 4.97. The summed E-state index contributed by atoms with van der Waals surface area (Å²) in [6.07, 6.45) is -4.49. The van der Waals surface area contributed by atoms with Crippen LogP contribution in [0.3, 0.4) is 0 Å². The molecule has 100 valence electrons. The fourth-order valence-corrected chi connectivity index (χ4v) is 1.51. The summed E-state index contributed by atoms with van der Waals surface area (Å²) in [4.78, 5) is 11.1. The molecule has 1 aromatic rings. The average molecular weight is 261 g/mol. The van der Waals surface area contributed by atoms with Crippen LogP contribution in [0.1, 0.15) is 24.5 Å². The Kier molecular flexibility index (Phi) is 4.01. The van der Waals surface area contributed by atoms with Crippen molar-refractivity contribution in [3.63, 3.8) is 0 Å². The number of carbonyl (C=O) groups excluding carboxylic acids is 1. The highest BCUT2D eigenvalue weighted by Crippen LogP contribution is 2.31. The summed E-state index contributed by atoms with van der Waals surface area (Å²) in [5, 5.41) is 0. The summed E-state index contributed by atoms with van der Waals surface area (Å²) in [7, 11) is 1.23. The largest absolute Gasteiger partial charge is 0.469 e. The third kappa shape index (κ3) is 3.46. The molecule has 1 unspecified atom stereocenters. The molecule has 0 aliphatic carbocycles. The molecule has 1 rings (SSSR count).